The molecule has 0 saturated heterocycles. The lowest BCUT2D eigenvalue weighted by Crippen LogP contribution is -2.80. The van der Waals surface area contributed by atoms with Crippen molar-refractivity contribution in [2.75, 3.05) is 45.3 Å². The van der Waals surface area contributed by atoms with Crippen LogP contribution in [0, 0.1) is 29.1 Å². The Bertz CT molecular complexity index is 1670. The molecule has 2 aromatic carbocycles. The number of ether oxygens (including phenoxy) is 2. The van der Waals surface area contributed by atoms with Gasteiger partial charge in [0, 0.05) is 41.4 Å². The summed E-state index contributed by atoms with van der Waals surface area (Å²) in [6.07, 6.45) is 3.41. The third kappa shape index (κ3) is 5.36. The topological polar surface area (TPSA) is 137 Å². The predicted octanol–water partition coefficient (Wildman–Crippen LogP) is 5.39. The smallest absolute Gasteiger partial charge is 0.309 e. The van der Waals surface area contributed by atoms with E-state index in [0.29, 0.717) is 49.5 Å². The zero-order valence-corrected chi connectivity index (χ0v) is 30.1. The number of aliphatic carboxylic acids is 1. The molecule has 0 spiro atoms. The van der Waals surface area contributed by atoms with Crippen LogP contribution >= 0.6 is 0 Å². The van der Waals surface area contributed by atoms with E-state index in [2.05, 4.69) is 34.3 Å². The van der Waals surface area contributed by atoms with E-state index in [1.165, 1.54) is 6.20 Å². The number of aromatic amines is 1. The summed E-state index contributed by atoms with van der Waals surface area (Å²) in [4.78, 5) is 48.1. The second-order valence-corrected chi connectivity index (χ2v) is 14.7. The highest BCUT2D eigenvalue weighted by molar-refractivity contribution is 6.06. The quantitative estimate of drug-likeness (QED) is 0.206. The molecule has 4 saturated carbocycles. The fraction of sp³-hybridized carbons (Fsp3) is 0.538. The lowest BCUT2D eigenvalue weighted by Gasteiger charge is -2.74. The Morgan fingerprint density at radius 3 is 2.20 bits per heavy atom. The molecule has 11 heteroatoms. The first-order chi connectivity index (χ1) is 24.0. The Labute approximate surface area is 294 Å². The first kappa shape index (κ1) is 35.4. The molecule has 4 fully saturated rings. The fourth-order valence-electron chi connectivity index (χ4n) is 10.7. The summed E-state index contributed by atoms with van der Waals surface area (Å²) in [6, 6.07) is 16.6. The molecule has 6 atom stereocenters. The van der Waals surface area contributed by atoms with Crippen LogP contribution in [0.15, 0.2) is 60.8 Å². The third-order valence-electron chi connectivity index (χ3n) is 12.2. The molecule has 268 valence electrons. The van der Waals surface area contributed by atoms with Crippen LogP contribution in [0.1, 0.15) is 69.4 Å². The van der Waals surface area contributed by atoms with E-state index in [1.54, 1.807) is 25.2 Å². The van der Waals surface area contributed by atoms with Crippen LogP contribution in [0.25, 0.3) is 0 Å². The van der Waals surface area contributed by atoms with Crippen LogP contribution in [0.5, 0.6) is 11.5 Å². The molecule has 6 unspecified atom stereocenters. The second kappa shape index (κ2) is 13.7. The van der Waals surface area contributed by atoms with Gasteiger partial charge in [-0.2, -0.15) is 5.10 Å². The molecule has 3 N–H and O–H groups in total. The monoisotopic (exact) mass is 685 g/mol. The average Bonchev–Trinajstić information content (AvgIpc) is 3.65. The molecule has 50 heavy (non-hydrogen) atoms. The van der Waals surface area contributed by atoms with E-state index in [0.717, 1.165) is 18.7 Å². The van der Waals surface area contributed by atoms with Gasteiger partial charge in [-0.3, -0.25) is 19.5 Å². The number of anilines is 1. The number of carboxylic acid groups (broad SMARTS) is 1. The lowest BCUT2D eigenvalue weighted by molar-refractivity contribution is -0.215. The molecule has 0 aliphatic heterocycles. The van der Waals surface area contributed by atoms with Gasteiger partial charge in [0.1, 0.15) is 17.2 Å². The van der Waals surface area contributed by atoms with Gasteiger partial charge in [-0.15, -0.1) is 0 Å². The molecule has 3 aromatic rings. The van der Waals surface area contributed by atoms with Crippen molar-refractivity contribution in [3.05, 3.63) is 72.1 Å². The van der Waals surface area contributed by atoms with E-state index in [-0.39, 0.29) is 35.8 Å². The number of carbonyl (C=O) groups excluding carboxylic acids is 2. The van der Waals surface area contributed by atoms with Gasteiger partial charge in [0.15, 0.2) is 0 Å². The van der Waals surface area contributed by atoms with E-state index >= 15 is 4.79 Å². The summed E-state index contributed by atoms with van der Waals surface area (Å²) in [5, 5.41) is 21.8. The maximum Gasteiger partial charge on any atom is 0.309 e. The SMILES string of the molecule is CCN(CC)CCNC(=O)C1C2(c3c(OC)cccc3OC)CC3CC1(C(C)C)C(C(=O)O)C(N(C(=O)c1ccn[nH]1)c1ccccc1)(C3)C2. The lowest BCUT2D eigenvalue weighted by atomic mass is 9.30. The molecule has 1 aromatic heterocycles. The van der Waals surface area contributed by atoms with Gasteiger partial charge in [-0.1, -0.05) is 52.0 Å². The van der Waals surface area contributed by atoms with Gasteiger partial charge >= 0.3 is 5.97 Å². The standard InChI is InChI=1S/C39H51N5O6/c1-7-43(8-2)20-19-40-34(45)32-37(31-29(49-5)15-12-16-30(31)50-6)21-26-22-38(24-37,33(36(47)48)39(32,23-26)25(3)4)44(27-13-10-9-11-14-27)35(46)28-17-18-41-42-28/h9-18,25-26,32-33H,7-8,19-24H2,1-6H3,(H,40,45)(H,41,42)(H,47,48). The van der Waals surface area contributed by atoms with Crippen LogP contribution in [0.3, 0.4) is 0 Å². The summed E-state index contributed by atoms with van der Waals surface area (Å²) in [7, 11) is 3.23. The van der Waals surface area contributed by atoms with Gasteiger partial charge in [0.2, 0.25) is 5.91 Å². The highest BCUT2D eigenvalue weighted by Crippen LogP contribution is 2.76. The Morgan fingerprint density at radius 2 is 1.64 bits per heavy atom. The minimum absolute atomic E-state index is 0.0110. The van der Waals surface area contributed by atoms with E-state index in [1.807, 2.05) is 62.4 Å². The maximum atomic E-state index is 15.1. The number of methoxy groups -OCH3 is 2. The van der Waals surface area contributed by atoms with Crippen molar-refractivity contribution in [2.45, 2.75) is 64.3 Å². The van der Waals surface area contributed by atoms with Gasteiger partial charge in [0.05, 0.1) is 31.6 Å². The number of aromatic nitrogens is 2. The van der Waals surface area contributed by atoms with Crippen LogP contribution in [0.2, 0.25) is 0 Å². The first-order valence-corrected chi connectivity index (χ1v) is 17.9. The number of carbonyl (C=O) groups is 3. The van der Waals surface area contributed by atoms with Crippen LogP contribution in [0.4, 0.5) is 5.69 Å². The molecule has 0 radical (unpaired) electrons. The van der Waals surface area contributed by atoms with Crippen molar-refractivity contribution in [3.63, 3.8) is 0 Å². The predicted molar refractivity (Wildman–Crippen MR) is 190 cm³/mol. The number of likely N-dealkylation sites (N-methyl/N-ethyl adjacent to an activating group) is 1. The maximum absolute atomic E-state index is 15.1. The largest absolute Gasteiger partial charge is 0.496 e. The molecular weight excluding hydrogens is 634 g/mol. The minimum atomic E-state index is -1.22. The summed E-state index contributed by atoms with van der Waals surface area (Å²) in [5.41, 5.74) is -1.56. The van der Waals surface area contributed by atoms with E-state index in [4.69, 9.17) is 9.47 Å². The van der Waals surface area contributed by atoms with Crippen molar-refractivity contribution in [2.24, 2.45) is 29.1 Å². The van der Waals surface area contributed by atoms with Crippen LogP contribution in [-0.4, -0.2) is 83.9 Å². The zero-order valence-electron chi connectivity index (χ0n) is 30.1. The first-order valence-electron chi connectivity index (χ1n) is 17.9. The summed E-state index contributed by atoms with van der Waals surface area (Å²) in [6.45, 7) is 11.1. The molecule has 4 aliphatic rings. The number of nitrogens with one attached hydrogen (secondary N) is 2. The Kier molecular flexibility index (Phi) is 9.74. The second-order valence-electron chi connectivity index (χ2n) is 14.7. The average molecular weight is 686 g/mol. The van der Waals surface area contributed by atoms with Gasteiger partial charge in [-0.25, -0.2) is 0 Å². The normalized spacial score (nSPS) is 28.1. The summed E-state index contributed by atoms with van der Waals surface area (Å²) in [5.74, 6) is -2.39. The zero-order chi connectivity index (χ0) is 35.8. The van der Waals surface area contributed by atoms with Crippen molar-refractivity contribution in [3.8, 4) is 11.5 Å². The molecule has 2 amide bonds. The Hall–Kier alpha value is -4.38. The van der Waals surface area contributed by atoms with E-state index in [9.17, 15) is 14.7 Å². The number of hydrogen-bond donors (Lipinski definition) is 3. The highest BCUT2D eigenvalue weighted by Gasteiger charge is 2.79. The van der Waals surface area contributed by atoms with Crippen molar-refractivity contribution in [1.29, 1.82) is 0 Å². The molecule has 11 nitrogen and oxygen atoms in total. The van der Waals surface area contributed by atoms with E-state index < -0.39 is 34.2 Å². The number of rotatable bonds is 14. The number of nitrogens with zero attached hydrogens (tertiary/aromatic N) is 3. The van der Waals surface area contributed by atoms with Gasteiger partial charge < -0.3 is 29.7 Å². The number of carboxylic acids is 1. The number of para-hydroxylation sites is 1. The molecular formula is C39H51N5O6. The van der Waals surface area contributed by atoms with Crippen LogP contribution < -0.4 is 19.7 Å². The number of benzene rings is 2. The fourth-order valence-corrected chi connectivity index (χ4v) is 10.7. The van der Waals surface area contributed by atoms with Crippen molar-refractivity contribution in [1.82, 2.24) is 20.4 Å². The van der Waals surface area contributed by atoms with Gasteiger partial charge in [0.25, 0.3) is 5.91 Å². The van der Waals surface area contributed by atoms with Crippen molar-refractivity contribution >= 4 is 23.5 Å². The molecule has 4 bridgehead atoms. The van der Waals surface area contributed by atoms with Gasteiger partial charge in [-0.05, 0) is 80.9 Å². The minimum Gasteiger partial charge on any atom is -0.496 e. The van der Waals surface area contributed by atoms with Crippen LogP contribution in [-0.2, 0) is 15.0 Å². The Balaban J connectivity index is 1.66. The Morgan fingerprint density at radius 1 is 0.960 bits per heavy atom. The molecule has 4 aliphatic carbocycles. The molecule has 7 rings (SSSR count). The number of amides is 2. The van der Waals surface area contributed by atoms with Crippen molar-refractivity contribution < 1.29 is 29.0 Å². The highest BCUT2D eigenvalue weighted by atomic mass is 16.5. The third-order valence-corrected chi connectivity index (χ3v) is 12.2. The summed E-state index contributed by atoms with van der Waals surface area (Å²) >= 11 is 0. The summed E-state index contributed by atoms with van der Waals surface area (Å²) < 4.78 is 12.1. The number of H-pyrrole nitrogens is 1. The molecule has 1 heterocycles. The number of hydrogen-bond acceptors (Lipinski definition) is 7.